The zero-order valence-corrected chi connectivity index (χ0v) is 18.0. The van der Waals surface area contributed by atoms with Gasteiger partial charge in [0.05, 0.1) is 0 Å². The molecule has 119 valence electrons. The Balaban J connectivity index is 3.05. The maximum absolute atomic E-state index is 2.93. The van der Waals surface area contributed by atoms with Crippen molar-refractivity contribution in [1.82, 2.24) is 9.36 Å². The third-order valence-corrected chi connectivity index (χ3v) is 16.3. The van der Waals surface area contributed by atoms with Crippen LogP contribution in [0.3, 0.4) is 0 Å². The second kappa shape index (κ2) is 7.79. The zero-order chi connectivity index (χ0) is 15.6. The van der Waals surface area contributed by atoms with Gasteiger partial charge in [0.2, 0.25) is 0 Å². The summed E-state index contributed by atoms with van der Waals surface area (Å²) in [5.74, 6) is 0. The molecule has 1 aliphatic heterocycles. The van der Waals surface area contributed by atoms with Gasteiger partial charge in [0.15, 0.2) is 0 Å². The van der Waals surface area contributed by atoms with Crippen LogP contribution in [-0.4, -0.2) is 60.3 Å². The third kappa shape index (κ3) is 3.53. The van der Waals surface area contributed by atoms with E-state index < -0.39 is 20.6 Å². The van der Waals surface area contributed by atoms with E-state index in [1.807, 2.05) is 0 Å². The van der Waals surface area contributed by atoms with Gasteiger partial charge in [-0.15, -0.1) is 0 Å². The molecule has 0 bridgehead atoms. The molecule has 0 spiro atoms. The number of hydrogen-bond acceptors (Lipinski definition) is 3. The molecule has 0 aliphatic carbocycles. The van der Waals surface area contributed by atoms with Crippen molar-refractivity contribution in [1.29, 1.82) is 0 Å². The first-order chi connectivity index (χ1) is 9.27. The Morgan fingerprint density at radius 1 is 0.850 bits per heavy atom. The summed E-state index contributed by atoms with van der Waals surface area (Å²) in [6, 6.07) is 2.80. The number of hydrogen-bond donors (Lipinski definition) is 0. The molecule has 4 heteroatoms. The topological polar surface area (TPSA) is 9.72 Å². The second-order valence-corrected chi connectivity index (χ2v) is 13.0. The predicted molar refractivity (Wildman–Crippen MR) is 90.5 cm³/mol. The molecule has 0 aromatic carbocycles. The van der Waals surface area contributed by atoms with Gasteiger partial charge in [-0.1, -0.05) is 0 Å². The van der Waals surface area contributed by atoms with E-state index in [9.17, 15) is 0 Å². The first-order valence-electron chi connectivity index (χ1n) is 8.49. The summed E-state index contributed by atoms with van der Waals surface area (Å²) in [4.78, 5) is 0. The molecule has 3 nitrogen and oxygen atoms in total. The fourth-order valence-electron chi connectivity index (χ4n) is 3.36. The van der Waals surface area contributed by atoms with Crippen LogP contribution < -0.4 is 0 Å². The molecular weight excluding hydrogens is 353 g/mol. The van der Waals surface area contributed by atoms with Crippen molar-refractivity contribution in [3.63, 3.8) is 0 Å². The molecular formula is C16H36N3Sn. The van der Waals surface area contributed by atoms with Gasteiger partial charge in [-0.05, 0) is 0 Å². The molecule has 2 atom stereocenters. The monoisotopic (exact) mass is 390 g/mol. The van der Waals surface area contributed by atoms with Crippen LogP contribution in [0.15, 0.2) is 0 Å². The molecule has 2 unspecified atom stereocenters. The van der Waals surface area contributed by atoms with Crippen LogP contribution >= 0.6 is 0 Å². The van der Waals surface area contributed by atoms with E-state index in [-0.39, 0.29) is 0 Å². The number of nitrogens with zero attached hydrogens (tertiary/aromatic N) is 3. The van der Waals surface area contributed by atoms with Crippen molar-refractivity contribution in [3.8, 4) is 0 Å². The Kier molecular flexibility index (Phi) is 7.30. The normalized spacial score (nSPS) is 22.8. The minimum atomic E-state index is -1.85. The van der Waals surface area contributed by atoms with Crippen molar-refractivity contribution in [2.45, 2.75) is 105 Å². The van der Waals surface area contributed by atoms with Gasteiger partial charge in [0, 0.05) is 0 Å². The summed E-state index contributed by atoms with van der Waals surface area (Å²) < 4.78 is 8.66. The third-order valence-electron chi connectivity index (χ3n) is 4.74. The summed E-state index contributed by atoms with van der Waals surface area (Å²) >= 11 is -1.85. The number of rotatable bonds is 7. The average Bonchev–Trinajstić information content (AvgIpc) is 2.35. The first-order valence-corrected chi connectivity index (χ1v) is 12.3. The quantitative estimate of drug-likeness (QED) is 0.616. The van der Waals surface area contributed by atoms with Gasteiger partial charge in [-0.25, -0.2) is 0 Å². The van der Waals surface area contributed by atoms with E-state index in [1.54, 1.807) is 0 Å². The fourth-order valence-corrected chi connectivity index (χ4v) is 13.7. The molecule has 1 fully saturated rings. The van der Waals surface area contributed by atoms with Crippen LogP contribution in [0.5, 0.6) is 0 Å². The van der Waals surface area contributed by atoms with Crippen molar-refractivity contribution in [2.75, 3.05) is 0 Å². The molecule has 1 saturated heterocycles. The summed E-state index contributed by atoms with van der Waals surface area (Å²) in [6.07, 6.45) is 3.17. The molecule has 1 aliphatic rings. The molecule has 1 heterocycles. The van der Waals surface area contributed by atoms with E-state index in [0.717, 1.165) is 0 Å². The molecule has 0 aromatic heterocycles. The van der Waals surface area contributed by atoms with E-state index in [0.29, 0.717) is 30.3 Å². The molecule has 20 heavy (non-hydrogen) atoms. The van der Waals surface area contributed by atoms with Crippen molar-refractivity contribution < 1.29 is 0 Å². The van der Waals surface area contributed by atoms with Crippen LogP contribution in [0.25, 0.3) is 0 Å². The molecule has 0 amide bonds. The van der Waals surface area contributed by atoms with Crippen LogP contribution in [0.1, 0.15) is 75.2 Å². The fraction of sp³-hybridized carbons (Fsp3) is 1.00. The van der Waals surface area contributed by atoms with E-state index >= 15 is 0 Å². The van der Waals surface area contributed by atoms with Gasteiger partial charge in [0.25, 0.3) is 0 Å². The van der Waals surface area contributed by atoms with E-state index in [4.69, 9.17) is 0 Å². The Hall–Kier alpha value is 0.679. The summed E-state index contributed by atoms with van der Waals surface area (Å²) in [7, 11) is 0. The van der Waals surface area contributed by atoms with Crippen molar-refractivity contribution in [2.24, 2.45) is 0 Å². The Labute approximate surface area is 135 Å². The SMILES string of the molecule is CCC(C)[N](C(C)CC)[Sn]1[N](C(C)C)C(C)[N]1C(C)C. The first kappa shape index (κ1) is 18.7. The Morgan fingerprint density at radius 2 is 1.20 bits per heavy atom. The van der Waals surface area contributed by atoms with Crippen molar-refractivity contribution in [3.05, 3.63) is 0 Å². The maximum atomic E-state index is 2.93. The molecule has 0 saturated carbocycles. The standard InChI is InChI=1S/C8H18N2.C8H18N.Sn/c1-6(2)9-8(5)10-7(3)4;1-5-7(3)9-8(4)6-2;/h6-8H,1-5H3;7-8H,5-6H2,1-4H3;/q-2;-1;+3. The van der Waals surface area contributed by atoms with Crippen LogP contribution in [0.2, 0.25) is 0 Å². The van der Waals surface area contributed by atoms with Gasteiger partial charge < -0.3 is 0 Å². The molecule has 0 aromatic rings. The predicted octanol–water partition coefficient (Wildman–Crippen LogP) is 3.65. The summed E-state index contributed by atoms with van der Waals surface area (Å²) in [5, 5.41) is 0. The van der Waals surface area contributed by atoms with E-state index in [2.05, 4.69) is 71.7 Å². The van der Waals surface area contributed by atoms with Crippen LogP contribution in [0.4, 0.5) is 0 Å². The van der Waals surface area contributed by atoms with Gasteiger partial charge >= 0.3 is 135 Å². The minimum absolute atomic E-state index is 0.639. The van der Waals surface area contributed by atoms with Gasteiger partial charge in [0.1, 0.15) is 0 Å². The molecule has 0 N–H and O–H groups in total. The summed E-state index contributed by atoms with van der Waals surface area (Å²) in [6.45, 7) is 21.4. The molecule has 1 radical (unpaired) electrons. The van der Waals surface area contributed by atoms with Gasteiger partial charge in [-0.3, -0.25) is 0 Å². The summed E-state index contributed by atoms with van der Waals surface area (Å²) in [5.41, 5.74) is 0. The van der Waals surface area contributed by atoms with Crippen molar-refractivity contribution >= 4 is 20.6 Å². The van der Waals surface area contributed by atoms with Gasteiger partial charge in [-0.2, -0.15) is 0 Å². The molecule has 1 rings (SSSR count). The second-order valence-electron chi connectivity index (χ2n) is 6.86. The Bertz CT molecular complexity index is 269. The average molecular weight is 389 g/mol. The van der Waals surface area contributed by atoms with Crippen LogP contribution in [0, 0.1) is 0 Å². The van der Waals surface area contributed by atoms with E-state index in [1.165, 1.54) is 12.8 Å². The van der Waals surface area contributed by atoms with Crippen LogP contribution in [-0.2, 0) is 0 Å². The zero-order valence-electron chi connectivity index (χ0n) is 15.1. The Morgan fingerprint density at radius 3 is 1.45 bits per heavy atom.